The van der Waals surface area contributed by atoms with E-state index >= 15 is 0 Å². The molecular weight excluding hydrogens is 745 g/mol. The average Bonchev–Trinajstić information content (AvgIpc) is 3.13. The van der Waals surface area contributed by atoms with Gasteiger partial charge in [0.05, 0.1) is 23.4 Å². The van der Waals surface area contributed by atoms with Gasteiger partial charge < -0.3 is 22.8 Å². The minimum Gasteiger partial charge on any atom is -0.543 e. The van der Waals surface area contributed by atoms with Gasteiger partial charge in [0.15, 0.2) is 8.32 Å². The third-order valence-electron chi connectivity index (χ3n) is 12.0. The summed E-state index contributed by atoms with van der Waals surface area (Å²) in [7, 11) is -5.25. The molecule has 0 saturated carbocycles. The van der Waals surface area contributed by atoms with Crippen LogP contribution in [0.1, 0.15) is 77.7 Å². The van der Waals surface area contributed by atoms with E-state index in [9.17, 15) is 13.8 Å². The Labute approximate surface area is 330 Å². The van der Waals surface area contributed by atoms with Crippen molar-refractivity contribution in [3.63, 3.8) is 0 Å². The number of hydrogen-bond acceptors (Lipinski definition) is 6. The summed E-state index contributed by atoms with van der Waals surface area (Å²) in [6.07, 6.45) is 0.884. The largest absolute Gasteiger partial charge is 0.543 e. The molecule has 0 bridgehead atoms. The number of amides is 1. The molecule has 1 aliphatic heterocycles. The fourth-order valence-electron chi connectivity index (χ4n) is 6.49. The van der Waals surface area contributed by atoms with Crippen LogP contribution in [0.4, 0.5) is 10.1 Å². The molecule has 1 aliphatic rings. The molecule has 0 radical (unpaired) electrons. The fourth-order valence-corrected chi connectivity index (χ4v) is 9.93. The second kappa shape index (κ2) is 16.2. The Kier molecular flexibility index (Phi) is 12.6. The van der Waals surface area contributed by atoms with Crippen LogP contribution in [-0.4, -0.2) is 36.8 Å². The molecular formula is C44H59FNO6PSi2. The number of carbonyl (C=O) groups excluding carboxylic acids is 1. The van der Waals surface area contributed by atoms with Crippen LogP contribution in [0.15, 0.2) is 97.1 Å². The molecule has 1 fully saturated rings. The summed E-state index contributed by atoms with van der Waals surface area (Å²) >= 11 is 0. The summed E-state index contributed by atoms with van der Waals surface area (Å²) in [6, 6.07) is 29.7. The van der Waals surface area contributed by atoms with Crippen molar-refractivity contribution in [2.45, 2.75) is 103 Å². The van der Waals surface area contributed by atoms with E-state index in [0.29, 0.717) is 18.1 Å². The van der Waals surface area contributed by atoms with Gasteiger partial charge in [-0.3, -0.25) is 9.36 Å². The SMILES string of the molecule is COP(=O)(OC)c1ccc(-c2ccc(C3C(CCC(O[Si](C)(C)C(C)(C)C)c4ccc(F)cc4)C(=O)N3c3ccccc3)c(O[Si](C)(C)C(C)(C)C)c2)cc1. The van der Waals surface area contributed by atoms with Gasteiger partial charge in [-0.15, -0.1) is 0 Å². The first kappa shape index (κ1) is 42.8. The van der Waals surface area contributed by atoms with Crippen LogP contribution in [-0.2, 0) is 22.8 Å². The van der Waals surface area contributed by atoms with Crippen molar-refractivity contribution < 1.29 is 31.6 Å². The number of anilines is 1. The van der Waals surface area contributed by atoms with Crippen molar-refractivity contribution in [2.24, 2.45) is 5.92 Å². The van der Waals surface area contributed by atoms with Gasteiger partial charge in [0.25, 0.3) is 0 Å². The molecule has 296 valence electrons. The minimum atomic E-state index is -3.40. The molecule has 5 rings (SSSR count). The molecule has 4 aromatic carbocycles. The lowest BCUT2D eigenvalue weighted by Gasteiger charge is -2.49. The quantitative estimate of drug-likeness (QED) is 0.0718. The molecule has 0 N–H and O–H groups in total. The summed E-state index contributed by atoms with van der Waals surface area (Å²) in [5.41, 5.74) is 4.55. The summed E-state index contributed by atoms with van der Waals surface area (Å²) < 4.78 is 51.8. The maximum Gasteiger partial charge on any atom is 0.360 e. The van der Waals surface area contributed by atoms with E-state index < -0.39 is 24.2 Å². The van der Waals surface area contributed by atoms with E-state index in [1.54, 1.807) is 12.1 Å². The zero-order valence-electron chi connectivity index (χ0n) is 34.6. The van der Waals surface area contributed by atoms with Gasteiger partial charge in [0.2, 0.25) is 14.2 Å². The molecule has 11 heteroatoms. The van der Waals surface area contributed by atoms with Gasteiger partial charge in [0.1, 0.15) is 11.6 Å². The Morgan fingerprint density at radius 2 is 1.33 bits per heavy atom. The van der Waals surface area contributed by atoms with Gasteiger partial charge in [0, 0.05) is 25.5 Å². The summed E-state index contributed by atoms with van der Waals surface area (Å²) in [4.78, 5) is 16.3. The van der Waals surface area contributed by atoms with E-state index in [4.69, 9.17) is 17.9 Å². The first-order chi connectivity index (χ1) is 25.6. The smallest absolute Gasteiger partial charge is 0.360 e. The molecule has 3 unspecified atom stereocenters. The molecule has 1 saturated heterocycles. The summed E-state index contributed by atoms with van der Waals surface area (Å²) in [5.74, 6) is 0.181. The number of β-lactam (4-membered cyclic amide) rings is 1. The Hall–Kier alpha value is -3.38. The normalized spacial score (nSPS) is 17.5. The zero-order chi connectivity index (χ0) is 40.6. The van der Waals surface area contributed by atoms with Gasteiger partial charge in [-0.05, 0) is 108 Å². The Morgan fingerprint density at radius 1 is 0.764 bits per heavy atom. The monoisotopic (exact) mass is 803 g/mol. The van der Waals surface area contributed by atoms with Gasteiger partial charge >= 0.3 is 7.60 Å². The highest BCUT2D eigenvalue weighted by molar-refractivity contribution is 7.62. The lowest BCUT2D eigenvalue weighted by Crippen LogP contribution is -2.55. The lowest BCUT2D eigenvalue weighted by atomic mass is 9.77. The first-order valence-corrected chi connectivity index (χ1v) is 26.5. The van der Waals surface area contributed by atoms with Gasteiger partial charge in [-0.25, -0.2) is 4.39 Å². The molecule has 4 aromatic rings. The summed E-state index contributed by atoms with van der Waals surface area (Å²) in [6.45, 7) is 22.2. The Balaban J connectivity index is 1.58. The Morgan fingerprint density at radius 3 is 1.87 bits per heavy atom. The van der Waals surface area contributed by atoms with Crippen LogP contribution in [0, 0.1) is 11.7 Å². The number of rotatable bonds is 14. The number of benzene rings is 4. The molecule has 0 spiro atoms. The lowest BCUT2D eigenvalue weighted by molar-refractivity contribution is -0.131. The molecule has 7 nitrogen and oxygen atoms in total. The highest BCUT2D eigenvalue weighted by Gasteiger charge is 2.51. The molecule has 1 heterocycles. The number of hydrogen-bond donors (Lipinski definition) is 0. The third kappa shape index (κ3) is 9.11. The average molecular weight is 804 g/mol. The van der Waals surface area contributed by atoms with Gasteiger partial charge in [-0.2, -0.15) is 0 Å². The summed E-state index contributed by atoms with van der Waals surface area (Å²) in [5, 5.41) is 0.359. The predicted molar refractivity (Wildman–Crippen MR) is 228 cm³/mol. The van der Waals surface area contributed by atoms with Crippen molar-refractivity contribution in [2.75, 3.05) is 19.1 Å². The third-order valence-corrected chi connectivity index (χ3v) is 22.7. The molecule has 0 aliphatic carbocycles. The number of nitrogens with zero attached hydrogens (tertiary/aromatic N) is 1. The zero-order valence-corrected chi connectivity index (χ0v) is 37.5. The van der Waals surface area contributed by atoms with E-state index in [-0.39, 0.29) is 39.9 Å². The van der Waals surface area contributed by atoms with Crippen LogP contribution in [0.3, 0.4) is 0 Å². The highest BCUT2D eigenvalue weighted by Crippen LogP contribution is 2.52. The molecule has 55 heavy (non-hydrogen) atoms. The topological polar surface area (TPSA) is 74.3 Å². The second-order valence-corrected chi connectivity index (χ2v) is 29.3. The van der Waals surface area contributed by atoms with E-state index in [0.717, 1.165) is 33.7 Å². The maximum atomic E-state index is 14.4. The predicted octanol–water partition coefficient (Wildman–Crippen LogP) is 12.2. The fraction of sp³-hybridized carbons (Fsp3) is 0.432. The van der Waals surface area contributed by atoms with Crippen molar-refractivity contribution in [3.8, 4) is 16.9 Å². The van der Waals surface area contributed by atoms with E-state index in [1.807, 2.05) is 59.5 Å². The van der Waals surface area contributed by atoms with Crippen molar-refractivity contribution >= 4 is 41.1 Å². The standard InChI is InChI=1S/C44H59FNO6PSi2/c1-43(2,3)54(9,10)51-39(32-18-23-34(45)24-19-32)29-28-38-41(46(42(38)47)35-16-14-13-15-17-35)37-27-22-33(30-40(37)52-55(11,12)44(4,5)6)31-20-25-36(26-21-31)53(48,49-7)50-8/h13-27,30,38-39,41H,28-29H2,1-12H3. The van der Waals surface area contributed by atoms with Crippen LogP contribution >= 0.6 is 7.60 Å². The second-order valence-electron chi connectivity index (χ2n) is 17.6. The van der Waals surface area contributed by atoms with Crippen LogP contribution in [0.5, 0.6) is 5.75 Å². The minimum absolute atomic E-state index is 0.0323. The molecule has 3 atom stereocenters. The van der Waals surface area contributed by atoms with Gasteiger partial charge in [-0.1, -0.05) is 96.1 Å². The van der Waals surface area contributed by atoms with Crippen molar-refractivity contribution in [3.05, 3.63) is 114 Å². The van der Waals surface area contributed by atoms with Crippen LogP contribution in [0.2, 0.25) is 36.3 Å². The van der Waals surface area contributed by atoms with E-state index in [2.05, 4.69) is 85.9 Å². The Bertz CT molecular complexity index is 1980. The number of halogens is 1. The molecule has 0 aromatic heterocycles. The van der Waals surface area contributed by atoms with Crippen molar-refractivity contribution in [1.82, 2.24) is 0 Å². The highest BCUT2D eigenvalue weighted by atomic mass is 31.2. The van der Waals surface area contributed by atoms with Crippen molar-refractivity contribution in [1.29, 1.82) is 0 Å². The maximum absolute atomic E-state index is 14.4. The number of para-hydroxylation sites is 1. The first-order valence-electron chi connectivity index (χ1n) is 19.1. The van der Waals surface area contributed by atoms with Crippen LogP contribution in [0.25, 0.3) is 11.1 Å². The number of carbonyl (C=O) groups is 1. The van der Waals surface area contributed by atoms with E-state index in [1.165, 1.54) is 26.4 Å². The van der Waals surface area contributed by atoms with Crippen LogP contribution < -0.4 is 14.6 Å². The molecule has 1 amide bonds.